The number of halogens is 1. The first-order chi connectivity index (χ1) is 10.9. The summed E-state index contributed by atoms with van der Waals surface area (Å²) in [6.07, 6.45) is 1.15. The molecule has 0 amide bonds. The van der Waals surface area contributed by atoms with Crippen molar-refractivity contribution < 1.29 is 19.4 Å². The van der Waals surface area contributed by atoms with Crippen molar-refractivity contribution in [2.24, 2.45) is 0 Å². The molecular weight excluding hydrogens is 303 g/mol. The van der Waals surface area contributed by atoms with Crippen molar-refractivity contribution in [3.05, 3.63) is 46.9 Å². The molecule has 7 nitrogen and oxygen atoms in total. The number of hydrogen-bond acceptors (Lipinski definition) is 5. The number of carboxylic acids is 1. The van der Waals surface area contributed by atoms with Crippen molar-refractivity contribution in [2.45, 2.75) is 12.3 Å². The Kier molecular flexibility index (Phi) is 3.07. The van der Waals surface area contributed by atoms with Crippen molar-refractivity contribution in [1.29, 1.82) is 5.26 Å². The molecule has 0 radical (unpaired) electrons. The number of carboxylic acid groups (broad SMARTS) is 1. The number of aromatic amines is 1. The summed E-state index contributed by atoms with van der Waals surface area (Å²) < 4.78 is 14.1. The molecule has 1 aliphatic rings. The number of anilines is 1. The van der Waals surface area contributed by atoms with Gasteiger partial charge in [-0.15, -0.1) is 0 Å². The number of benzene rings is 1. The number of aryl methyl sites for hydroxylation is 1. The van der Waals surface area contributed by atoms with Gasteiger partial charge >= 0.3 is 5.97 Å². The van der Waals surface area contributed by atoms with Crippen LogP contribution < -0.4 is 5.32 Å². The Morgan fingerprint density at radius 2 is 2.22 bits per heavy atom. The van der Waals surface area contributed by atoms with Crippen LogP contribution in [0.3, 0.4) is 0 Å². The first kappa shape index (κ1) is 14.6. The first-order valence-electron chi connectivity index (χ1n) is 6.58. The van der Waals surface area contributed by atoms with Crippen LogP contribution in [0.25, 0.3) is 5.70 Å². The van der Waals surface area contributed by atoms with Gasteiger partial charge in [-0.1, -0.05) is 0 Å². The lowest BCUT2D eigenvalue weighted by atomic mass is 9.78. The molecule has 4 N–H and O–H groups in total. The number of rotatable bonds is 2. The van der Waals surface area contributed by atoms with Gasteiger partial charge in [0, 0.05) is 23.0 Å². The van der Waals surface area contributed by atoms with E-state index in [9.17, 15) is 24.7 Å². The van der Waals surface area contributed by atoms with Crippen LogP contribution >= 0.6 is 0 Å². The molecule has 0 saturated heterocycles. The Hall–Kier alpha value is -3.34. The lowest BCUT2D eigenvalue weighted by molar-refractivity contribution is -0.139. The number of nitrogens with one attached hydrogen (secondary N) is 2. The molecule has 0 aliphatic carbocycles. The Labute approximate surface area is 129 Å². The van der Waals surface area contributed by atoms with Gasteiger partial charge in [0.2, 0.25) is 5.41 Å². The van der Waals surface area contributed by atoms with E-state index >= 15 is 0 Å². The van der Waals surface area contributed by atoms with E-state index in [2.05, 4.69) is 15.5 Å². The number of aromatic nitrogens is 2. The Morgan fingerprint density at radius 3 is 2.83 bits per heavy atom. The van der Waals surface area contributed by atoms with Crippen molar-refractivity contribution in [3.63, 3.8) is 0 Å². The topological polar surface area (TPSA) is 122 Å². The summed E-state index contributed by atoms with van der Waals surface area (Å²) in [4.78, 5) is 11.8. The smallest absolute Gasteiger partial charge is 0.332 e. The first-order valence-corrected chi connectivity index (χ1v) is 6.58. The van der Waals surface area contributed by atoms with Crippen molar-refractivity contribution in [1.82, 2.24) is 10.2 Å². The van der Waals surface area contributed by atoms with Crippen molar-refractivity contribution in [3.8, 4) is 11.8 Å². The highest BCUT2D eigenvalue weighted by Crippen LogP contribution is 2.41. The van der Waals surface area contributed by atoms with E-state index in [0.29, 0.717) is 5.69 Å². The summed E-state index contributed by atoms with van der Waals surface area (Å²) in [5.41, 5.74) is -1.26. The number of H-pyrrole nitrogens is 1. The van der Waals surface area contributed by atoms with Crippen LogP contribution in [-0.2, 0) is 10.2 Å². The van der Waals surface area contributed by atoms with Gasteiger partial charge < -0.3 is 15.5 Å². The molecule has 0 saturated carbocycles. The van der Waals surface area contributed by atoms with Gasteiger partial charge in [0.05, 0.1) is 11.6 Å². The van der Waals surface area contributed by atoms with Crippen LogP contribution in [0.4, 0.5) is 10.2 Å². The van der Waals surface area contributed by atoms with Crippen LogP contribution in [0, 0.1) is 24.1 Å². The zero-order chi connectivity index (χ0) is 16.8. The monoisotopic (exact) mass is 314 g/mol. The third kappa shape index (κ3) is 2.02. The molecule has 23 heavy (non-hydrogen) atoms. The molecule has 8 heteroatoms. The second-order valence-electron chi connectivity index (χ2n) is 5.14. The van der Waals surface area contributed by atoms with Crippen LogP contribution in [0.1, 0.15) is 16.8 Å². The van der Waals surface area contributed by atoms with Gasteiger partial charge in [-0.3, -0.25) is 5.10 Å². The molecule has 2 heterocycles. The molecule has 2 aromatic rings. The maximum Gasteiger partial charge on any atom is 0.332 e. The number of nitrogens with zero attached hydrogens (tertiary/aromatic N) is 2. The summed E-state index contributed by atoms with van der Waals surface area (Å²) in [6, 6.07) is 5.24. The number of fused-ring (bicyclic) bond motifs is 1. The van der Waals surface area contributed by atoms with Gasteiger partial charge in [0.25, 0.3) is 0 Å². The molecule has 1 unspecified atom stereocenters. The van der Waals surface area contributed by atoms with E-state index < -0.39 is 17.2 Å². The van der Waals surface area contributed by atoms with Gasteiger partial charge in [-0.2, -0.15) is 10.4 Å². The Bertz CT molecular complexity index is 897. The second-order valence-corrected chi connectivity index (χ2v) is 5.14. The molecule has 1 aliphatic heterocycles. The molecule has 0 spiro atoms. The molecule has 1 atom stereocenters. The summed E-state index contributed by atoms with van der Waals surface area (Å²) >= 11 is 0. The lowest BCUT2D eigenvalue weighted by Crippen LogP contribution is -2.36. The fraction of sp³-hybridized carbons (Fsp3) is 0.133. The zero-order valence-corrected chi connectivity index (χ0v) is 11.9. The van der Waals surface area contributed by atoms with E-state index in [-0.39, 0.29) is 28.4 Å². The molecule has 1 aromatic heterocycles. The van der Waals surface area contributed by atoms with E-state index in [1.54, 1.807) is 13.0 Å². The fourth-order valence-corrected chi connectivity index (χ4v) is 2.63. The Balaban J connectivity index is 2.26. The van der Waals surface area contributed by atoms with Crippen molar-refractivity contribution >= 4 is 17.5 Å². The molecule has 116 valence electrons. The van der Waals surface area contributed by atoms with Crippen LogP contribution in [0.5, 0.6) is 5.75 Å². The minimum absolute atomic E-state index is 0.0231. The van der Waals surface area contributed by atoms with Gasteiger partial charge in [0.1, 0.15) is 11.6 Å². The average molecular weight is 314 g/mol. The highest BCUT2D eigenvalue weighted by molar-refractivity contribution is 5.97. The normalized spacial score (nSPS) is 19.3. The quantitative estimate of drug-likeness (QED) is 0.671. The highest BCUT2D eigenvalue weighted by atomic mass is 19.1. The number of phenolic OH excluding ortho intramolecular Hbond substituents is 1. The number of aromatic hydroxyl groups is 1. The largest absolute Gasteiger partial charge is 0.508 e. The van der Waals surface area contributed by atoms with Gasteiger partial charge in [0.15, 0.2) is 5.82 Å². The molecule has 0 fully saturated rings. The molecule has 3 rings (SSSR count). The van der Waals surface area contributed by atoms with Crippen LogP contribution in [0.15, 0.2) is 24.3 Å². The average Bonchev–Trinajstić information content (AvgIpc) is 2.88. The third-order valence-corrected chi connectivity index (χ3v) is 3.71. The highest BCUT2D eigenvalue weighted by Gasteiger charge is 2.46. The summed E-state index contributed by atoms with van der Waals surface area (Å²) in [5, 5.41) is 37.8. The fourth-order valence-electron chi connectivity index (χ4n) is 2.63. The maximum atomic E-state index is 14.1. The SMILES string of the molecule is Cc1[nH]nc2c1C(C#N)(C(=O)O)C=C(c1ccc(O)cc1F)N2. The van der Waals surface area contributed by atoms with Crippen molar-refractivity contribution in [2.75, 3.05) is 5.32 Å². The van der Waals surface area contributed by atoms with Crippen LogP contribution in [-0.4, -0.2) is 26.4 Å². The number of carbonyl (C=O) groups is 1. The van der Waals surface area contributed by atoms with Gasteiger partial charge in [-0.25, -0.2) is 9.18 Å². The summed E-state index contributed by atoms with van der Waals surface area (Å²) in [5.74, 6) is -2.25. The standard InChI is InChI=1S/C15H11FN4O3/c1-7-12-13(20-19-7)18-11(5-15(12,6-17)14(22)23)9-3-2-8(21)4-10(9)16/h2-5,21H,1H3,(H,22,23)(H2,18,19,20). The second kappa shape index (κ2) is 4.84. The number of phenols is 1. The summed E-state index contributed by atoms with van der Waals surface area (Å²) in [6.45, 7) is 1.60. The maximum absolute atomic E-state index is 14.1. The molecule has 0 bridgehead atoms. The number of nitriles is 1. The number of hydrogen-bond donors (Lipinski definition) is 4. The van der Waals surface area contributed by atoms with E-state index in [1.165, 1.54) is 12.1 Å². The van der Waals surface area contributed by atoms with Gasteiger partial charge in [-0.05, 0) is 25.1 Å². The summed E-state index contributed by atoms with van der Waals surface area (Å²) in [7, 11) is 0. The molecule has 1 aromatic carbocycles. The van der Waals surface area contributed by atoms with Crippen LogP contribution in [0.2, 0.25) is 0 Å². The molecular formula is C15H11FN4O3. The van der Waals surface area contributed by atoms with E-state index in [4.69, 9.17) is 0 Å². The third-order valence-electron chi connectivity index (χ3n) is 3.71. The zero-order valence-electron chi connectivity index (χ0n) is 11.9. The minimum Gasteiger partial charge on any atom is -0.508 e. The van der Waals surface area contributed by atoms with E-state index in [0.717, 1.165) is 12.1 Å². The predicted molar refractivity (Wildman–Crippen MR) is 77.9 cm³/mol. The predicted octanol–water partition coefficient (Wildman–Crippen LogP) is 1.88. The Morgan fingerprint density at radius 1 is 1.48 bits per heavy atom. The minimum atomic E-state index is -1.99. The lowest BCUT2D eigenvalue weighted by Gasteiger charge is -2.26. The van der Waals surface area contributed by atoms with E-state index in [1.807, 2.05) is 0 Å². The number of aliphatic carboxylic acids is 1.